The van der Waals surface area contributed by atoms with E-state index in [-0.39, 0.29) is 0 Å². The average Bonchev–Trinajstić information content (AvgIpc) is 3.61. The molecule has 7 aromatic carbocycles. The summed E-state index contributed by atoms with van der Waals surface area (Å²) in [6, 6.07) is 47.4. The molecule has 0 bridgehead atoms. The van der Waals surface area contributed by atoms with E-state index in [2.05, 4.69) is 133 Å². The van der Waals surface area contributed by atoms with Crippen molar-refractivity contribution in [3.05, 3.63) is 133 Å². The molecule has 0 nitrogen and oxygen atoms in total. The Balaban J connectivity index is 1.37. The maximum atomic E-state index is 2.43. The standard InChI is InChI=1S/C38H22S2/c1-2-8-24-19-26(14-13-23(24)7-1)37-28-9-3-5-11-30(28)38(31-12-6-4-10-29(31)37)27-15-16-34-32(21-27)33-20-25-17-18-39-35(25)22-36(33)40-34/h1-22H. The third kappa shape index (κ3) is 3.24. The second-order valence-electron chi connectivity index (χ2n) is 10.5. The van der Waals surface area contributed by atoms with Gasteiger partial charge in [0.05, 0.1) is 0 Å². The summed E-state index contributed by atoms with van der Waals surface area (Å²) in [6.07, 6.45) is 0. The van der Waals surface area contributed by atoms with Crippen LogP contribution in [0.1, 0.15) is 0 Å². The summed E-state index contributed by atoms with van der Waals surface area (Å²) in [4.78, 5) is 0. The lowest BCUT2D eigenvalue weighted by atomic mass is 9.85. The van der Waals surface area contributed by atoms with Crippen molar-refractivity contribution < 1.29 is 0 Å². The van der Waals surface area contributed by atoms with Crippen LogP contribution < -0.4 is 0 Å². The van der Waals surface area contributed by atoms with Crippen molar-refractivity contribution in [1.29, 1.82) is 0 Å². The highest BCUT2D eigenvalue weighted by molar-refractivity contribution is 7.26. The van der Waals surface area contributed by atoms with Crippen LogP contribution in [0.5, 0.6) is 0 Å². The maximum absolute atomic E-state index is 2.43. The molecule has 0 radical (unpaired) electrons. The Labute approximate surface area is 239 Å². The number of thiophene rings is 2. The lowest BCUT2D eigenvalue weighted by Gasteiger charge is -2.18. The van der Waals surface area contributed by atoms with Gasteiger partial charge in [0.25, 0.3) is 0 Å². The van der Waals surface area contributed by atoms with Gasteiger partial charge in [0, 0.05) is 24.9 Å². The molecule has 2 heterocycles. The van der Waals surface area contributed by atoms with E-state index in [1.807, 2.05) is 22.7 Å². The number of fused-ring (bicyclic) bond motifs is 7. The van der Waals surface area contributed by atoms with Crippen molar-refractivity contribution in [2.24, 2.45) is 0 Å². The number of hydrogen-bond donors (Lipinski definition) is 0. The molecule has 0 aliphatic carbocycles. The van der Waals surface area contributed by atoms with E-state index in [0.29, 0.717) is 0 Å². The van der Waals surface area contributed by atoms with Crippen LogP contribution in [-0.2, 0) is 0 Å². The normalized spacial score (nSPS) is 12.0. The lowest BCUT2D eigenvalue weighted by molar-refractivity contribution is 1.69. The summed E-state index contributed by atoms with van der Waals surface area (Å²) < 4.78 is 4.07. The van der Waals surface area contributed by atoms with Gasteiger partial charge in [-0.05, 0) is 102 Å². The summed E-state index contributed by atoms with van der Waals surface area (Å²) in [6.45, 7) is 0. The van der Waals surface area contributed by atoms with Gasteiger partial charge in [0.2, 0.25) is 0 Å². The van der Waals surface area contributed by atoms with Crippen LogP contribution in [-0.4, -0.2) is 0 Å². The third-order valence-electron chi connectivity index (χ3n) is 8.30. The smallest absolute Gasteiger partial charge is 0.0369 e. The quantitative estimate of drug-likeness (QED) is 0.191. The predicted molar refractivity (Wildman–Crippen MR) is 178 cm³/mol. The zero-order valence-electron chi connectivity index (χ0n) is 21.5. The molecule has 0 spiro atoms. The Hall–Kier alpha value is -4.50. The zero-order valence-corrected chi connectivity index (χ0v) is 23.2. The first kappa shape index (κ1) is 22.3. The molecule has 0 saturated heterocycles. The molecule has 0 aliphatic heterocycles. The minimum atomic E-state index is 1.26. The molecular weight excluding hydrogens is 521 g/mol. The summed E-state index contributed by atoms with van der Waals surface area (Å²) in [5.41, 5.74) is 5.16. The Morgan fingerprint density at radius 1 is 0.350 bits per heavy atom. The Morgan fingerprint density at radius 3 is 1.68 bits per heavy atom. The summed E-state index contributed by atoms with van der Waals surface area (Å²) in [7, 11) is 0. The van der Waals surface area contributed by atoms with Crippen LogP contribution in [0, 0.1) is 0 Å². The molecule has 2 heteroatoms. The van der Waals surface area contributed by atoms with Gasteiger partial charge in [0.15, 0.2) is 0 Å². The topological polar surface area (TPSA) is 0 Å². The van der Waals surface area contributed by atoms with Crippen LogP contribution >= 0.6 is 22.7 Å². The van der Waals surface area contributed by atoms with Crippen LogP contribution in [0.15, 0.2) is 133 Å². The van der Waals surface area contributed by atoms with Gasteiger partial charge in [-0.3, -0.25) is 0 Å². The molecule has 0 atom stereocenters. The van der Waals surface area contributed by atoms with Gasteiger partial charge in [-0.2, -0.15) is 0 Å². The Morgan fingerprint density at radius 2 is 0.950 bits per heavy atom. The monoisotopic (exact) mass is 542 g/mol. The van der Waals surface area contributed by atoms with E-state index in [9.17, 15) is 0 Å². The number of benzene rings is 7. The SMILES string of the molecule is c1ccc2cc(-c3c4ccccc4c(-c4ccc5sc6cc7sccc7cc6c5c4)c4ccccc34)ccc2c1. The third-order valence-corrected chi connectivity index (χ3v) is 10.3. The molecule has 0 fully saturated rings. The molecule has 0 amide bonds. The van der Waals surface area contributed by atoms with E-state index in [1.54, 1.807) is 0 Å². The van der Waals surface area contributed by atoms with Crippen LogP contribution in [0.2, 0.25) is 0 Å². The maximum Gasteiger partial charge on any atom is 0.0369 e. The fraction of sp³-hybridized carbons (Fsp3) is 0. The molecular formula is C38H22S2. The van der Waals surface area contributed by atoms with E-state index < -0.39 is 0 Å². The van der Waals surface area contributed by atoms with Crippen LogP contribution in [0.3, 0.4) is 0 Å². The van der Waals surface area contributed by atoms with E-state index >= 15 is 0 Å². The highest BCUT2D eigenvalue weighted by Gasteiger charge is 2.18. The molecule has 40 heavy (non-hydrogen) atoms. The van der Waals surface area contributed by atoms with Crippen molar-refractivity contribution in [2.75, 3.05) is 0 Å². The molecule has 9 aromatic rings. The van der Waals surface area contributed by atoms with Gasteiger partial charge in [-0.25, -0.2) is 0 Å². The van der Waals surface area contributed by atoms with Gasteiger partial charge in [-0.15, -0.1) is 22.7 Å². The fourth-order valence-electron chi connectivity index (χ4n) is 6.48. The largest absolute Gasteiger partial charge is 0.144 e. The van der Waals surface area contributed by atoms with Gasteiger partial charge < -0.3 is 0 Å². The second-order valence-corrected chi connectivity index (χ2v) is 12.6. The van der Waals surface area contributed by atoms with Crippen LogP contribution in [0.25, 0.3) is 84.8 Å². The highest BCUT2D eigenvalue weighted by atomic mass is 32.1. The first-order valence-electron chi connectivity index (χ1n) is 13.6. The minimum absolute atomic E-state index is 1.26. The first-order valence-corrected chi connectivity index (χ1v) is 15.3. The van der Waals surface area contributed by atoms with Crippen molar-refractivity contribution in [3.8, 4) is 22.3 Å². The van der Waals surface area contributed by atoms with Gasteiger partial charge in [0.1, 0.15) is 0 Å². The molecule has 0 N–H and O–H groups in total. The Bertz CT molecular complexity index is 2380. The first-order chi connectivity index (χ1) is 19.8. The molecule has 186 valence electrons. The van der Waals surface area contributed by atoms with Gasteiger partial charge >= 0.3 is 0 Å². The molecule has 0 aliphatic rings. The highest BCUT2D eigenvalue weighted by Crippen LogP contribution is 2.46. The molecule has 9 rings (SSSR count). The fourth-order valence-corrected chi connectivity index (χ4v) is 8.48. The van der Waals surface area contributed by atoms with Crippen molar-refractivity contribution >= 4 is 85.2 Å². The van der Waals surface area contributed by atoms with Crippen LogP contribution in [0.4, 0.5) is 0 Å². The zero-order chi connectivity index (χ0) is 26.2. The van der Waals surface area contributed by atoms with E-state index in [4.69, 9.17) is 0 Å². The molecule has 0 saturated carbocycles. The van der Waals surface area contributed by atoms with E-state index in [1.165, 1.54) is 84.8 Å². The van der Waals surface area contributed by atoms with Crippen molar-refractivity contribution in [3.63, 3.8) is 0 Å². The lowest BCUT2D eigenvalue weighted by Crippen LogP contribution is -1.91. The number of rotatable bonds is 2. The minimum Gasteiger partial charge on any atom is -0.144 e. The van der Waals surface area contributed by atoms with Crippen molar-refractivity contribution in [1.82, 2.24) is 0 Å². The summed E-state index contributed by atoms with van der Waals surface area (Å²) in [5.74, 6) is 0. The van der Waals surface area contributed by atoms with Crippen molar-refractivity contribution in [2.45, 2.75) is 0 Å². The Kier molecular flexibility index (Phi) is 4.74. The average molecular weight is 543 g/mol. The van der Waals surface area contributed by atoms with E-state index in [0.717, 1.165) is 0 Å². The molecule has 0 unspecified atom stereocenters. The predicted octanol–water partition coefficient (Wildman–Crippen LogP) is 12.1. The summed E-state index contributed by atoms with van der Waals surface area (Å²) >= 11 is 3.72. The summed E-state index contributed by atoms with van der Waals surface area (Å²) in [5, 5.41) is 13.9. The van der Waals surface area contributed by atoms with Gasteiger partial charge in [-0.1, -0.05) is 91.0 Å². The molecule has 2 aromatic heterocycles. The number of hydrogen-bond acceptors (Lipinski definition) is 2. The second kappa shape index (κ2) is 8.50.